The van der Waals surface area contributed by atoms with Crippen molar-refractivity contribution in [2.75, 3.05) is 6.54 Å². The minimum Gasteiger partial charge on any atom is -0.457 e. The van der Waals surface area contributed by atoms with Crippen LogP contribution in [-0.2, 0) is 16.1 Å². The normalized spacial score (nSPS) is 10.5. The Kier molecular flexibility index (Phi) is 6.70. The number of hydrogen-bond donors (Lipinski definition) is 1. The number of rotatable bonds is 8. The summed E-state index contributed by atoms with van der Waals surface area (Å²) >= 11 is 0. The van der Waals surface area contributed by atoms with Crippen LogP contribution in [-0.4, -0.2) is 28.6 Å². The highest BCUT2D eigenvalue weighted by Gasteiger charge is 2.13. The lowest BCUT2D eigenvalue weighted by Crippen LogP contribution is -2.30. The molecule has 0 unspecified atom stereocenters. The lowest BCUT2D eigenvalue weighted by Gasteiger charge is -2.07. The second kappa shape index (κ2) is 10.2. The Morgan fingerprint density at radius 3 is 2.33 bits per heavy atom. The van der Waals surface area contributed by atoms with Crippen molar-refractivity contribution in [1.29, 1.82) is 0 Å². The maximum Gasteiger partial charge on any atom is 0.325 e. The summed E-state index contributed by atoms with van der Waals surface area (Å²) in [5.41, 5.74) is 0.925. The number of nitrogens with one attached hydrogen (secondary N) is 1. The van der Waals surface area contributed by atoms with Gasteiger partial charge in [0.15, 0.2) is 6.61 Å². The molecule has 1 N–H and O–H groups in total. The third-order valence-corrected chi connectivity index (χ3v) is 4.42. The van der Waals surface area contributed by atoms with Crippen molar-refractivity contribution in [2.45, 2.75) is 6.61 Å². The van der Waals surface area contributed by atoms with Crippen LogP contribution in [0.25, 0.3) is 11.4 Å². The fraction of sp³-hybridized carbons (Fsp3) is 0.0833. The first-order valence-electron chi connectivity index (χ1n) is 9.92. The molecule has 0 spiro atoms. The number of ether oxygens (including phenoxy) is 2. The molecule has 0 saturated carbocycles. The summed E-state index contributed by atoms with van der Waals surface area (Å²) in [4.78, 5) is 28.3. The molecule has 9 heteroatoms. The summed E-state index contributed by atoms with van der Waals surface area (Å²) in [6.07, 6.45) is 0. The molecule has 4 rings (SSSR count). The zero-order valence-electron chi connectivity index (χ0n) is 17.2. The van der Waals surface area contributed by atoms with Gasteiger partial charge in [0, 0.05) is 11.1 Å². The van der Waals surface area contributed by atoms with Gasteiger partial charge in [0.05, 0.1) is 0 Å². The van der Waals surface area contributed by atoms with E-state index in [0.29, 0.717) is 22.6 Å². The molecular formula is C24H18FN3O5. The monoisotopic (exact) mass is 447 g/mol. The van der Waals surface area contributed by atoms with E-state index < -0.39 is 11.9 Å². The summed E-state index contributed by atoms with van der Waals surface area (Å²) in [5.74, 6) is 0.0932. The SMILES string of the molecule is O=C(CNC(=O)c1ccc(Oc2ccccc2)cc1)OCc1nc(-c2ccc(F)cc2)no1. The lowest BCUT2D eigenvalue weighted by atomic mass is 10.2. The largest absolute Gasteiger partial charge is 0.457 e. The van der Waals surface area contributed by atoms with Crippen LogP contribution in [0, 0.1) is 5.82 Å². The lowest BCUT2D eigenvalue weighted by molar-refractivity contribution is -0.144. The van der Waals surface area contributed by atoms with Gasteiger partial charge in [0.1, 0.15) is 23.9 Å². The van der Waals surface area contributed by atoms with Crippen molar-refractivity contribution in [2.24, 2.45) is 0 Å². The fourth-order valence-electron chi connectivity index (χ4n) is 2.78. The molecule has 4 aromatic rings. The number of carbonyl (C=O) groups is 2. The zero-order valence-corrected chi connectivity index (χ0v) is 17.2. The van der Waals surface area contributed by atoms with Gasteiger partial charge in [-0.25, -0.2) is 4.39 Å². The first kappa shape index (κ1) is 21.7. The highest BCUT2D eigenvalue weighted by atomic mass is 19.1. The Hall–Kier alpha value is -4.53. The van der Waals surface area contributed by atoms with Gasteiger partial charge in [-0.05, 0) is 60.7 Å². The molecule has 0 radical (unpaired) electrons. The number of hydrogen-bond acceptors (Lipinski definition) is 7. The summed E-state index contributed by atoms with van der Waals surface area (Å²) < 4.78 is 28.7. The molecular weight excluding hydrogens is 429 g/mol. The van der Waals surface area contributed by atoms with Crippen LogP contribution in [0.2, 0.25) is 0 Å². The molecule has 1 heterocycles. The number of esters is 1. The van der Waals surface area contributed by atoms with Gasteiger partial charge in [0.2, 0.25) is 5.82 Å². The first-order valence-corrected chi connectivity index (χ1v) is 9.92. The number of carbonyl (C=O) groups excluding carboxylic acids is 2. The maximum absolute atomic E-state index is 13.0. The van der Waals surface area contributed by atoms with Crippen molar-refractivity contribution in [1.82, 2.24) is 15.5 Å². The standard InChI is InChI=1S/C24H18FN3O5/c25-18-10-6-16(7-11-18)23-27-21(33-28-23)15-31-22(29)14-26-24(30)17-8-12-20(13-9-17)32-19-4-2-1-3-5-19/h1-13H,14-15H2,(H,26,30). The van der Waals surface area contributed by atoms with Crippen LogP contribution in [0.3, 0.4) is 0 Å². The summed E-state index contributed by atoms with van der Waals surface area (Å²) in [7, 11) is 0. The van der Waals surface area contributed by atoms with Crippen LogP contribution in [0.15, 0.2) is 83.4 Å². The smallest absolute Gasteiger partial charge is 0.325 e. The maximum atomic E-state index is 13.0. The molecule has 0 aliphatic carbocycles. The molecule has 0 saturated heterocycles. The average molecular weight is 447 g/mol. The van der Waals surface area contributed by atoms with Gasteiger partial charge in [-0.2, -0.15) is 4.98 Å². The number of para-hydroxylation sites is 1. The van der Waals surface area contributed by atoms with E-state index in [2.05, 4.69) is 15.5 Å². The minimum atomic E-state index is -0.672. The quantitative estimate of drug-likeness (QED) is 0.405. The average Bonchev–Trinajstić information content (AvgIpc) is 3.32. The van der Waals surface area contributed by atoms with Gasteiger partial charge in [-0.3, -0.25) is 9.59 Å². The molecule has 3 aromatic carbocycles. The van der Waals surface area contributed by atoms with Crippen LogP contribution in [0.4, 0.5) is 4.39 Å². The molecule has 166 valence electrons. The van der Waals surface area contributed by atoms with Crippen LogP contribution in [0.5, 0.6) is 11.5 Å². The summed E-state index contributed by atoms with van der Waals surface area (Å²) in [6.45, 7) is -0.589. The zero-order chi connectivity index (χ0) is 23.0. The molecule has 0 fully saturated rings. The van der Waals surface area contributed by atoms with Crippen molar-refractivity contribution >= 4 is 11.9 Å². The van der Waals surface area contributed by atoms with Crippen molar-refractivity contribution < 1.29 is 28.0 Å². The Labute approximate surface area is 188 Å². The predicted molar refractivity (Wildman–Crippen MR) is 115 cm³/mol. The van der Waals surface area contributed by atoms with E-state index in [1.54, 1.807) is 24.3 Å². The van der Waals surface area contributed by atoms with Crippen LogP contribution < -0.4 is 10.1 Å². The highest BCUT2D eigenvalue weighted by Crippen LogP contribution is 2.21. The Bertz CT molecular complexity index is 1230. The second-order valence-electron chi connectivity index (χ2n) is 6.80. The molecule has 0 bridgehead atoms. The topological polar surface area (TPSA) is 104 Å². The van der Waals surface area contributed by atoms with Crippen molar-refractivity contribution in [3.05, 3.63) is 96.1 Å². The fourth-order valence-corrected chi connectivity index (χ4v) is 2.78. The van der Waals surface area contributed by atoms with E-state index >= 15 is 0 Å². The van der Waals surface area contributed by atoms with Crippen molar-refractivity contribution in [3.8, 4) is 22.9 Å². The molecule has 1 amide bonds. The van der Waals surface area contributed by atoms with Crippen molar-refractivity contribution in [3.63, 3.8) is 0 Å². The van der Waals surface area contributed by atoms with E-state index in [-0.39, 0.29) is 30.7 Å². The van der Waals surface area contributed by atoms with Gasteiger partial charge >= 0.3 is 5.97 Å². The van der Waals surface area contributed by atoms with Gasteiger partial charge < -0.3 is 19.3 Å². The molecule has 0 aliphatic rings. The molecule has 1 aromatic heterocycles. The first-order chi connectivity index (χ1) is 16.1. The number of nitrogens with zero attached hydrogens (tertiary/aromatic N) is 2. The minimum absolute atomic E-state index is 0.0722. The second-order valence-corrected chi connectivity index (χ2v) is 6.80. The predicted octanol–water partition coefficient (Wildman–Crippen LogP) is 4.14. The van der Waals surface area contributed by atoms with E-state index in [9.17, 15) is 14.0 Å². The molecule has 0 aliphatic heterocycles. The Morgan fingerprint density at radius 2 is 1.61 bits per heavy atom. The Morgan fingerprint density at radius 1 is 0.909 bits per heavy atom. The molecule has 0 atom stereocenters. The van der Waals surface area contributed by atoms with Gasteiger partial charge in [-0.1, -0.05) is 23.4 Å². The van der Waals surface area contributed by atoms with Crippen LogP contribution in [0.1, 0.15) is 16.2 Å². The van der Waals surface area contributed by atoms with E-state index in [1.165, 1.54) is 24.3 Å². The molecule has 8 nitrogen and oxygen atoms in total. The van der Waals surface area contributed by atoms with E-state index in [4.69, 9.17) is 14.0 Å². The summed E-state index contributed by atoms with van der Waals surface area (Å²) in [6, 6.07) is 21.3. The van der Waals surface area contributed by atoms with Gasteiger partial charge in [-0.15, -0.1) is 0 Å². The third-order valence-electron chi connectivity index (χ3n) is 4.42. The number of amides is 1. The number of halogens is 1. The number of benzene rings is 3. The highest BCUT2D eigenvalue weighted by molar-refractivity contribution is 5.96. The number of aromatic nitrogens is 2. The molecule has 33 heavy (non-hydrogen) atoms. The van der Waals surface area contributed by atoms with E-state index in [1.807, 2.05) is 30.3 Å². The van der Waals surface area contributed by atoms with Gasteiger partial charge in [0.25, 0.3) is 11.8 Å². The summed E-state index contributed by atoms with van der Waals surface area (Å²) in [5, 5.41) is 6.25. The Balaban J connectivity index is 1.22. The van der Waals surface area contributed by atoms with E-state index in [0.717, 1.165) is 0 Å². The third kappa shape index (κ3) is 6.01. The van der Waals surface area contributed by atoms with Crippen LogP contribution >= 0.6 is 0 Å².